The van der Waals surface area contributed by atoms with Crippen LogP contribution in [-0.2, 0) is 26.6 Å². The average molecular weight is 437 g/mol. The van der Waals surface area contributed by atoms with Crippen LogP contribution in [0.3, 0.4) is 0 Å². The molecule has 0 unspecified atom stereocenters. The molecule has 11 heteroatoms. The van der Waals surface area contributed by atoms with Gasteiger partial charge in [-0.25, -0.2) is 0 Å². The number of hydrogen-bond acceptors (Lipinski definition) is 9. The molecule has 0 spiro atoms. The molecule has 0 aliphatic carbocycles. The largest absolute Gasteiger partial charge is 0.501 e. The number of fused-ring (bicyclic) bond motifs is 12. The maximum Gasteiger partial charge on any atom is 0.501 e. The molecule has 0 aromatic rings. The van der Waals surface area contributed by atoms with E-state index in [0.29, 0.717) is 0 Å². The Kier molecular flexibility index (Phi) is 7.66. The summed E-state index contributed by atoms with van der Waals surface area (Å²) in [6.07, 6.45) is 0. The molecule has 0 atom stereocenters. The fraction of sp³-hybridized carbons (Fsp3) is 1.00. The molecule has 6 saturated heterocycles. The van der Waals surface area contributed by atoms with Crippen molar-refractivity contribution in [3.63, 3.8) is 0 Å². The van der Waals surface area contributed by atoms with Gasteiger partial charge in [0.25, 0.3) is 0 Å². The Balaban J connectivity index is 1.22. The number of nitrogens with zero attached hydrogens (tertiary/aromatic N) is 2. The lowest BCUT2D eigenvalue weighted by atomic mass is 10.4. The van der Waals surface area contributed by atoms with Crippen molar-refractivity contribution in [1.82, 2.24) is 9.80 Å². The zero-order chi connectivity index (χ0) is 18.4. The Bertz CT molecular complexity index is 387. The molecule has 0 aromatic carbocycles. The van der Waals surface area contributed by atoms with E-state index in [-0.39, 0.29) is 0 Å². The van der Waals surface area contributed by atoms with Crippen molar-refractivity contribution in [2.45, 2.75) is 12.1 Å². The van der Waals surface area contributed by atoms with Crippen molar-refractivity contribution < 1.29 is 26.6 Å². The van der Waals surface area contributed by atoms with Gasteiger partial charge in [0, 0.05) is 51.4 Å². The van der Waals surface area contributed by atoms with Gasteiger partial charge >= 0.3 is 17.6 Å². The van der Waals surface area contributed by atoms with Crippen LogP contribution in [-0.4, -0.2) is 118 Å². The van der Waals surface area contributed by atoms with Crippen molar-refractivity contribution in [2.24, 2.45) is 0 Å². The molecule has 156 valence electrons. The molecule has 0 radical (unpaired) electrons. The zero-order valence-electron chi connectivity index (χ0n) is 16.1. The van der Waals surface area contributed by atoms with Gasteiger partial charge in [-0.1, -0.05) is 0 Å². The van der Waals surface area contributed by atoms with Crippen LogP contribution in [0.25, 0.3) is 0 Å². The topological polar surface area (TPSA) is 61.9 Å². The second kappa shape index (κ2) is 9.98. The molecule has 0 saturated carbocycles. The van der Waals surface area contributed by atoms with Gasteiger partial charge < -0.3 is 26.6 Å². The summed E-state index contributed by atoms with van der Waals surface area (Å²) in [4.78, 5) is 4.69. The highest BCUT2D eigenvalue weighted by atomic mass is 32.2. The van der Waals surface area contributed by atoms with E-state index in [9.17, 15) is 0 Å². The first-order chi connectivity index (χ1) is 13.3. The van der Waals surface area contributed by atoms with Crippen molar-refractivity contribution in [1.29, 1.82) is 0 Å². The van der Waals surface area contributed by atoms with Crippen molar-refractivity contribution in [3.8, 4) is 0 Å². The van der Waals surface area contributed by atoms with Gasteiger partial charge in [-0.15, -0.1) is 0 Å². The van der Waals surface area contributed by atoms with Crippen LogP contribution >= 0.6 is 11.8 Å². The minimum atomic E-state index is -2.49. The quantitative estimate of drug-likeness (QED) is 0.434. The molecule has 0 aromatic heterocycles. The number of hydrogen-bond donors (Lipinski definition) is 0. The Hall–Kier alpha value is 0.464. The summed E-state index contributed by atoms with van der Waals surface area (Å²) in [6, 6.07) is 1.76. The van der Waals surface area contributed by atoms with Crippen molar-refractivity contribution in [3.05, 3.63) is 0 Å². The molecule has 6 heterocycles. The lowest BCUT2D eigenvalue weighted by Crippen LogP contribution is -2.55. The first-order valence-electron chi connectivity index (χ1n) is 10.1. The summed E-state index contributed by atoms with van der Waals surface area (Å²) in [5.74, 6) is 1.96. The second-order valence-electron chi connectivity index (χ2n) is 7.25. The molecular weight excluding hydrogens is 404 g/mol. The molecule has 6 fully saturated rings. The Morgan fingerprint density at radius 2 is 0.815 bits per heavy atom. The summed E-state index contributed by atoms with van der Waals surface area (Å²) < 4.78 is 36.6. The predicted molar refractivity (Wildman–Crippen MR) is 107 cm³/mol. The Labute approximate surface area is 168 Å². The van der Waals surface area contributed by atoms with Gasteiger partial charge in [0.2, 0.25) is 0 Å². The van der Waals surface area contributed by atoms with Crippen molar-refractivity contribution >= 4 is 29.4 Å². The van der Waals surface area contributed by atoms with Crippen LogP contribution in [0.1, 0.15) is 0 Å². The van der Waals surface area contributed by atoms with E-state index in [1.54, 1.807) is 0 Å². The minimum Gasteiger partial charge on any atom is -0.372 e. The first kappa shape index (κ1) is 20.7. The third-order valence-electron chi connectivity index (χ3n) is 5.48. The van der Waals surface area contributed by atoms with Crippen LogP contribution in [0.15, 0.2) is 0 Å². The highest BCUT2D eigenvalue weighted by molar-refractivity contribution is 7.99. The van der Waals surface area contributed by atoms with Gasteiger partial charge in [-0.05, 0) is 11.5 Å². The van der Waals surface area contributed by atoms with Crippen LogP contribution in [0, 0.1) is 0 Å². The van der Waals surface area contributed by atoms with Crippen LogP contribution in [0.5, 0.6) is 0 Å². The smallest absolute Gasteiger partial charge is 0.372 e. The van der Waals surface area contributed by atoms with Crippen LogP contribution < -0.4 is 0 Å². The third kappa shape index (κ3) is 5.75. The highest BCUT2D eigenvalue weighted by Crippen LogP contribution is 2.26. The Morgan fingerprint density at radius 1 is 0.519 bits per heavy atom. The third-order valence-corrected chi connectivity index (χ3v) is 12.8. The van der Waals surface area contributed by atoms with Crippen molar-refractivity contribution in [2.75, 3.05) is 90.4 Å². The van der Waals surface area contributed by atoms with Gasteiger partial charge in [0.1, 0.15) is 0 Å². The average Bonchev–Trinajstić information content (AvgIpc) is 2.55. The van der Waals surface area contributed by atoms with Gasteiger partial charge in [-0.2, -0.15) is 11.8 Å². The Morgan fingerprint density at radius 3 is 1.11 bits per heavy atom. The molecule has 8 nitrogen and oxygen atoms in total. The standard InChI is InChI=1S/C16H32N2O6SSi2/c1-7-19-26(20-8-2-17(1)3-9-21-26)15-13-25-14-16-27-22-10-4-18(5-11-23-27)6-12-24-27/h1-16H2. The predicted octanol–water partition coefficient (Wildman–Crippen LogP) is 0.355. The van der Waals surface area contributed by atoms with Crippen LogP contribution in [0.4, 0.5) is 0 Å². The van der Waals surface area contributed by atoms with E-state index in [2.05, 4.69) is 9.80 Å². The summed E-state index contributed by atoms with van der Waals surface area (Å²) in [5.41, 5.74) is 0. The molecule has 6 aliphatic rings. The molecule has 0 amide bonds. The number of rotatable bonds is 6. The maximum absolute atomic E-state index is 6.10. The number of thioether (sulfide) groups is 1. The van der Waals surface area contributed by atoms with E-state index in [1.165, 1.54) is 0 Å². The van der Waals surface area contributed by atoms with Gasteiger partial charge in [0.15, 0.2) is 0 Å². The molecule has 4 bridgehead atoms. The summed E-state index contributed by atoms with van der Waals surface area (Å²) in [5, 5.41) is 0. The fourth-order valence-corrected chi connectivity index (χ4v) is 11.0. The fourth-order valence-electron chi connectivity index (χ4n) is 3.83. The normalized spacial score (nSPS) is 40.4. The summed E-state index contributed by atoms with van der Waals surface area (Å²) >= 11 is 1.91. The minimum absolute atomic E-state index is 0.722. The van der Waals surface area contributed by atoms with E-state index in [0.717, 1.165) is 103 Å². The first-order valence-corrected chi connectivity index (χ1v) is 15.2. The zero-order valence-corrected chi connectivity index (χ0v) is 18.9. The van der Waals surface area contributed by atoms with E-state index in [1.807, 2.05) is 11.8 Å². The molecule has 0 N–H and O–H groups in total. The van der Waals surface area contributed by atoms with E-state index in [4.69, 9.17) is 26.6 Å². The molecule has 6 rings (SSSR count). The lowest BCUT2D eigenvalue weighted by Gasteiger charge is -2.38. The van der Waals surface area contributed by atoms with Gasteiger partial charge in [0.05, 0.1) is 39.6 Å². The SMILES string of the molecule is C1CN2CCO[Si](CCSCC[Si]34OCCN(CCO3)CCO4)(O1)OCC2. The summed E-state index contributed by atoms with van der Waals surface area (Å²) in [7, 11) is -4.99. The highest BCUT2D eigenvalue weighted by Gasteiger charge is 2.45. The molecule has 6 aliphatic heterocycles. The lowest BCUT2D eigenvalue weighted by molar-refractivity contribution is -0.00759. The monoisotopic (exact) mass is 436 g/mol. The second-order valence-corrected chi connectivity index (χ2v) is 13.9. The van der Waals surface area contributed by atoms with E-state index >= 15 is 0 Å². The van der Waals surface area contributed by atoms with E-state index < -0.39 is 17.6 Å². The molecule has 27 heavy (non-hydrogen) atoms. The maximum atomic E-state index is 6.10. The molecular formula is C16H32N2O6SSi2. The summed E-state index contributed by atoms with van der Waals surface area (Å²) in [6.45, 7) is 10.3. The van der Waals surface area contributed by atoms with Crippen LogP contribution in [0.2, 0.25) is 12.1 Å². The van der Waals surface area contributed by atoms with Gasteiger partial charge in [-0.3, -0.25) is 9.80 Å².